The number of nitrogens with zero attached hydrogens (tertiary/aromatic N) is 2. The van der Waals surface area contributed by atoms with Crippen LogP contribution in [0.15, 0.2) is 10.1 Å². The molecule has 0 aliphatic heterocycles. The van der Waals surface area contributed by atoms with E-state index in [0.29, 0.717) is 5.84 Å². The van der Waals surface area contributed by atoms with E-state index in [4.69, 9.17) is 5.53 Å². The van der Waals surface area contributed by atoms with Crippen LogP contribution in [0.3, 0.4) is 0 Å². The Kier molecular flexibility index (Phi) is 38.7. The second kappa shape index (κ2) is 24.0. The predicted octanol–water partition coefficient (Wildman–Crippen LogP) is 3.12. The van der Waals surface area contributed by atoms with Gasteiger partial charge in [0, 0.05) is 7.05 Å². The molecular formula is C7H19N3. The Balaban J connectivity index is -0.000000105. The van der Waals surface area contributed by atoms with E-state index in [1.807, 2.05) is 27.7 Å². The zero-order valence-electron chi connectivity index (χ0n) is 7.89. The summed E-state index contributed by atoms with van der Waals surface area (Å²) in [6, 6.07) is 0. The molecule has 3 nitrogen and oxygen atoms in total. The summed E-state index contributed by atoms with van der Waals surface area (Å²) in [6.07, 6.45) is 0. The van der Waals surface area contributed by atoms with E-state index >= 15 is 0 Å². The number of nitrogens with one attached hydrogen (secondary N) is 1. The average molecular weight is 145 g/mol. The second-order valence-electron chi connectivity index (χ2n) is 0.883. The molecule has 0 rings (SSSR count). The van der Waals surface area contributed by atoms with Gasteiger partial charge in [-0.1, -0.05) is 27.7 Å². The molecule has 0 radical (unpaired) electrons. The van der Waals surface area contributed by atoms with Crippen molar-refractivity contribution < 1.29 is 0 Å². The Morgan fingerprint density at radius 3 is 1.40 bits per heavy atom. The molecule has 0 unspecified atom stereocenters. The van der Waals surface area contributed by atoms with Crippen molar-refractivity contribution in [3.8, 4) is 0 Å². The van der Waals surface area contributed by atoms with Crippen molar-refractivity contribution in [2.75, 3.05) is 7.05 Å². The van der Waals surface area contributed by atoms with Crippen molar-refractivity contribution in [1.29, 1.82) is 5.53 Å². The summed E-state index contributed by atoms with van der Waals surface area (Å²) in [6.45, 7) is 9.67. The van der Waals surface area contributed by atoms with Gasteiger partial charge >= 0.3 is 0 Å². The highest BCUT2D eigenvalue weighted by molar-refractivity contribution is 5.79. The summed E-state index contributed by atoms with van der Waals surface area (Å²) in [5.41, 5.74) is 6.30. The molecule has 0 fully saturated rings. The smallest absolute Gasteiger partial charge is 0.142 e. The molecule has 0 saturated carbocycles. The summed E-state index contributed by atoms with van der Waals surface area (Å²) in [4.78, 5) is 3.57. The first-order chi connectivity index (χ1) is 4.81. The highest BCUT2D eigenvalue weighted by Crippen LogP contribution is 1.70. The van der Waals surface area contributed by atoms with Gasteiger partial charge in [-0.25, -0.2) is 5.53 Å². The van der Waals surface area contributed by atoms with Gasteiger partial charge in [-0.3, -0.25) is 4.99 Å². The molecule has 0 aliphatic carbocycles. The molecule has 0 heterocycles. The SMILES string of the molecule is CC.CC.CN=C(C)N=N. The molecule has 0 spiro atoms. The zero-order chi connectivity index (χ0) is 8.99. The van der Waals surface area contributed by atoms with Crippen molar-refractivity contribution in [1.82, 2.24) is 0 Å². The number of aliphatic imine (C=N–C) groups is 1. The number of amidine groups is 1. The van der Waals surface area contributed by atoms with Crippen LogP contribution in [-0.4, -0.2) is 12.9 Å². The molecule has 0 aliphatic rings. The van der Waals surface area contributed by atoms with Crippen LogP contribution in [0.1, 0.15) is 34.6 Å². The molecule has 0 saturated heterocycles. The van der Waals surface area contributed by atoms with Crippen molar-refractivity contribution in [2.45, 2.75) is 34.6 Å². The molecule has 0 atom stereocenters. The molecule has 1 N–H and O–H groups in total. The minimum absolute atomic E-state index is 0.509. The molecule has 0 bridgehead atoms. The molecule has 62 valence electrons. The fourth-order valence-electron chi connectivity index (χ4n) is 0.0500. The van der Waals surface area contributed by atoms with Crippen molar-refractivity contribution in [3.63, 3.8) is 0 Å². The van der Waals surface area contributed by atoms with Gasteiger partial charge in [0.2, 0.25) is 0 Å². The third-order valence-electron chi connectivity index (χ3n) is 0.485. The minimum Gasteiger partial charge on any atom is -0.273 e. The van der Waals surface area contributed by atoms with Gasteiger partial charge in [0.25, 0.3) is 0 Å². The van der Waals surface area contributed by atoms with Crippen LogP contribution in [-0.2, 0) is 0 Å². The highest BCUT2D eigenvalue weighted by atomic mass is 15.0. The van der Waals surface area contributed by atoms with Gasteiger partial charge in [0.15, 0.2) is 0 Å². The maximum absolute atomic E-state index is 6.30. The lowest BCUT2D eigenvalue weighted by molar-refractivity contribution is 1.16. The van der Waals surface area contributed by atoms with E-state index in [1.165, 1.54) is 0 Å². The fourth-order valence-corrected chi connectivity index (χ4v) is 0.0500. The first-order valence-corrected chi connectivity index (χ1v) is 3.62. The molecule has 0 aromatic heterocycles. The molecule has 3 heteroatoms. The lowest BCUT2D eigenvalue weighted by Gasteiger charge is -1.75. The fraction of sp³-hybridized carbons (Fsp3) is 0.857. The van der Waals surface area contributed by atoms with Crippen LogP contribution < -0.4 is 0 Å². The van der Waals surface area contributed by atoms with E-state index in [0.717, 1.165) is 0 Å². The molecule has 10 heavy (non-hydrogen) atoms. The number of rotatable bonds is 0. The molecular weight excluding hydrogens is 126 g/mol. The topological polar surface area (TPSA) is 48.6 Å². The lowest BCUT2D eigenvalue weighted by Crippen LogP contribution is -1.77. The van der Waals surface area contributed by atoms with Gasteiger partial charge in [-0.05, 0) is 6.92 Å². The first kappa shape index (κ1) is 16.1. The van der Waals surface area contributed by atoms with Gasteiger partial charge in [-0.2, -0.15) is 0 Å². The molecule has 0 amide bonds. The van der Waals surface area contributed by atoms with Gasteiger partial charge in [0.1, 0.15) is 5.84 Å². The number of hydrogen-bond donors (Lipinski definition) is 1. The lowest BCUT2D eigenvalue weighted by atomic mass is 10.7. The number of hydrogen-bond acceptors (Lipinski definition) is 2. The zero-order valence-corrected chi connectivity index (χ0v) is 7.89. The second-order valence-corrected chi connectivity index (χ2v) is 0.883. The summed E-state index contributed by atoms with van der Waals surface area (Å²) in [5.74, 6) is 0.509. The molecule has 0 aromatic rings. The van der Waals surface area contributed by atoms with Crippen molar-refractivity contribution >= 4 is 5.84 Å². The van der Waals surface area contributed by atoms with Gasteiger partial charge < -0.3 is 0 Å². The Labute approximate surface area is 64.1 Å². The minimum atomic E-state index is 0.509. The largest absolute Gasteiger partial charge is 0.273 e. The van der Waals surface area contributed by atoms with Crippen LogP contribution in [0.25, 0.3) is 0 Å². The quantitative estimate of drug-likeness (QED) is 0.309. The van der Waals surface area contributed by atoms with E-state index in [9.17, 15) is 0 Å². The average Bonchev–Trinajstić information content (AvgIpc) is 2.10. The van der Waals surface area contributed by atoms with Gasteiger partial charge in [0.05, 0.1) is 0 Å². The Bertz CT molecular complexity index is 76.9. The standard InChI is InChI=1S/C3H7N3.2C2H6/c1-3(5-2)6-4;2*1-2/h4H,1-2H3;2*1-2H3. The van der Waals surface area contributed by atoms with Crippen molar-refractivity contribution in [3.05, 3.63) is 0 Å². The monoisotopic (exact) mass is 145 g/mol. The summed E-state index contributed by atoms with van der Waals surface area (Å²) < 4.78 is 0. The van der Waals surface area contributed by atoms with Crippen LogP contribution in [0.4, 0.5) is 0 Å². The summed E-state index contributed by atoms with van der Waals surface area (Å²) in [7, 11) is 1.60. The van der Waals surface area contributed by atoms with Crippen LogP contribution >= 0.6 is 0 Å². The van der Waals surface area contributed by atoms with E-state index < -0.39 is 0 Å². The third-order valence-corrected chi connectivity index (χ3v) is 0.485. The Morgan fingerprint density at radius 1 is 1.10 bits per heavy atom. The van der Waals surface area contributed by atoms with Gasteiger partial charge in [-0.15, -0.1) is 5.11 Å². The maximum Gasteiger partial charge on any atom is 0.142 e. The van der Waals surface area contributed by atoms with Crippen LogP contribution in [0.2, 0.25) is 0 Å². The van der Waals surface area contributed by atoms with Crippen LogP contribution in [0, 0.1) is 5.53 Å². The predicted molar refractivity (Wildman–Crippen MR) is 46.9 cm³/mol. The van der Waals surface area contributed by atoms with E-state index in [-0.39, 0.29) is 0 Å². The summed E-state index contributed by atoms with van der Waals surface area (Å²) in [5, 5.41) is 3.01. The van der Waals surface area contributed by atoms with Crippen LogP contribution in [0.5, 0.6) is 0 Å². The molecule has 0 aromatic carbocycles. The first-order valence-electron chi connectivity index (χ1n) is 3.62. The van der Waals surface area contributed by atoms with E-state index in [1.54, 1.807) is 14.0 Å². The summed E-state index contributed by atoms with van der Waals surface area (Å²) >= 11 is 0. The van der Waals surface area contributed by atoms with Crippen molar-refractivity contribution in [2.24, 2.45) is 10.1 Å². The Morgan fingerprint density at radius 2 is 1.40 bits per heavy atom. The third kappa shape index (κ3) is 26.7. The Hall–Kier alpha value is -0.730. The maximum atomic E-state index is 6.30. The van der Waals surface area contributed by atoms with E-state index in [2.05, 4.69) is 10.1 Å². The highest BCUT2D eigenvalue weighted by Gasteiger charge is 1.71. The normalized spacial score (nSPS) is 8.00.